The number of piperazine rings is 1. The van der Waals surface area contributed by atoms with Crippen LogP contribution in [-0.2, 0) is 4.79 Å². The van der Waals surface area contributed by atoms with Gasteiger partial charge in [-0.05, 0) is 19.1 Å². The Bertz CT molecular complexity index is 520. The zero-order chi connectivity index (χ0) is 14.0. The standard InChI is InChI=1S/C12H15ClN4O2/c1-7-11(18)15-3-4-17(7)12(19)8-5-9(13)16-10(6-8)14-2/h5-7H,3-4H2,1-2H3,(H,14,16)(H,15,18). The van der Waals surface area contributed by atoms with Gasteiger partial charge < -0.3 is 15.5 Å². The van der Waals surface area contributed by atoms with Gasteiger partial charge in [-0.25, -0.2) is 4.98 Å². The van der Waals surface area contributed by atoms with Crippen molar-refractivity contribution < 1.29 is 9.59 Å². The zero-order valence-corrected chi connectivity index (χ0v) is 11.5. The summed E-state index contributed by atoms with van der Waals surface area (Å²) in [6.45, 7) is 2.65. The molecular formula is C12H15ClN4O2. The first-order valence-electron chi connectivity index (χ1n) is 5.97. The Labute approximate surface area is 116 Å². The van der Waals surface area contributed by atoms with Gasteiger partial charge in [-0.2, -0.15) is 0 Å². The summed E-state index contributed by atoms with van der Waals surface area (Å²) in [6, 6.07) is 2.64. The Morgan fingerprint density at radius 3 is 3.00 bits per heavy atom. The number of carbonyl (C=O) groups excluding carboxylic acids is 2. The van der Waals surface area contributed by atoms with Crippen LogP contribution in [0, 0.1) is 0 Å². The first-order chi connectivity index (χ1) is 9.02. The molecule has 6 nitrogen and oxygen atoms in total. The Morgan fingerprint density at radius 2 is 2.32 bits per heavy atom. The highest BCUT2D eigenvalue weighted by molar-refractivity contribution is 6.29. The first kappa shape index (κ1) is 13.6. The fraction of sp³-hybridized carbons (Fsp3) is 0.417. The molecule has 1 atom stereocenters. The van der Waals surface area contributed by atoms with Crippen LogP contribution in [0.4, 0.5) is 5.82 Å². The van der Waals surface area contributed by atoms with Crippen molar-refractivity contribution in [2.75, 3.05) is 25.5 Å². The molecule has 0 saturated carbocycles. The minimum Gasteiger partial charge on any atom is -0.373 e. The predicted octanol–water partition coefficient (Wildman–Crippen LogP) is 0.737. The monoisotopic (exact) mass is 282 g/mol. The van der Waals surface area contributed by atoms with E-state index >= 15 is 0 Å². The zero-order valence-electron chi connectivity index (χ0n) is 10.7. The number of carbonyl (C=O) groups is 2. The van der Waals surface area contributed by atoms with Crippen LogP contribution in [0.3, 0.4) is 0 Å². The summed E-state index contributed by atoms with van der Waals surface area (Å²) >= 11 is 5.88. The van der Waals surface area contributed by atoms with E-state index < -0.39 is 6.04 Å². The molecule has 1 unspecified atom stereocenters. The van der Waals surface area contributed by atoms with Gasteiger partial charge in [-0.15, -0.1) is 0 Å². The third-order valence-corrected chi connectivity index (χ3v) is 3.25. The molecular weight excluding hydrogens is 268 g/mol. The molecule has 1 aromatic rings. The van der Waals surface area contributed by atoms with E-state index in [0.717, 1.165) is 0 Å². The van der Waals surface area contributed by atoms with Crippen molar-refractivity contribution in [1.82, 2.24) is 15.2 Å². The van der Waals surface area contributed by atoms with E-state index in [0.29, 0.717) is 24.5 Å². The molecule has 2 heterocycles. The van der Waals surface area contributed by atoms with E-state index in [1.165, 1.54) is 11.0 Å². The molecule has 1 aromatic heterocycles. The van der Waals surface area contributed by atoms with E-state index in [4.69, 9.17) is 11.6 Å². The second kappa shape index (κ2) is 5.44. The van der Waals surface area contributed by atoms with Crippen LogP contribution < -0.4 is 10.6 Å². The second-order valence-corrected chi connectivity index (χ2v) is 4.67. The van der Waals surface area contributed by atoms with E-state index in [-0.39, 0.29) is 17.0 Å². The van der Waals surface area contributed by atoms with Crippen LogP contribution in [0.15, 0.2) is 12.1 Å². The molecule has 2 amide bonds. The topological polar surface area (TPSA) is 74.3 Å². The number of halogens is 1. The van der Waals surface area contributed by atoms with Crippen molar-refractivity contribution in [2.24, 2.45) is 0 Å². The number of nitrogens with zero attached hydrogens (tertiary/aromatic N) is 2. The van der Waals surface area contributed by atoms with Crippen molar-refractivity contribution >= 4 is 29.2 Å². The van der Waals surface area contributed by atoms with Gasteiger partial charge in [-0.1, -0.05) is 11.6 Å². The molecule has 1 saturated heterocycles. The third-order valence-electron chi connectivity index (χ3n) is 3.06. The molecule has 1 aliphatic heterocycles. The fourth-order valence-corrected chi connectivity index (χ4v) is 2.18. The number of rotatable bonds is 2. The van der Waals surface area contributed by atoms with Crippen molar-refractivity contribution in [3.8, 4) is 0 Å². The number of aromatic nitrogens is 1. The molecule has 0 spiro atoms. The number of nitrogens with one attached hydrogen (secondary N) is 2. The van der Waals surface area contributed by atoms with Gasteiger partial charge in [0.1, 0.15) is 17.0 Å². The molecule has 102 valence electrons. The lowest BCUT2D eigenvalue weighted by Gasteiger charge is -2.32. The molecule has 0 bridgehead atoms. The smallest absolute Gasteiger partial charge is 0.254 e. The number of hydrogen-bond donors (Lipinski definition) is 2. The Hall–Kier alpha value is -1.82. The molecule has 1 aliphatic rings. The minimum atomic E-state index is -0.480. The van der Waals surface area contributed by atoms with Crippen LogP contribution in [0.25, 0.3) is 0 Å². The number of anilines is 1. The summed E-state index contributed by atoms with van der Waals surface area (Å²) in [5, 5.41) is 5.80. The van der Waals surface area contributed by atoms with E-state index in [2.05, 4.69) is 15.6 Å². The molecule has 0 aromatic carbocycles. The maximum atomic E-state index is 12.4. The lowest BCUT2D eigenvalue weighted by molar-refractivity contribution is -0.127. The highest BCUT2D eigenvalue weighted by Gasteiger charge is 2.30. The lowest BCUT2D eigenvalue weighted by Crippen LogP contribution is -2.55. The fourth-order valence-electron chi connectivity index (χ4n) is 1.97. The second-order valence-electron chi connectivity index (χ2n) is 4.28. The van der Waals surface area contributed by atoms with Crippen molar-refractivity contribution in [1.29, 1.82) is 0 Å². The molecule has 0 aliphatic carbocycles. The molecule has 19 heavy (non-hydrogen) atoms. The van der Waals surface area contributed by atoms with Crippen LogP contribution in [0.5, 0.6) is 0 Å². The van der Waals surface area contributed by atoms with Crippen LogP contribution in [0.2, 0.25) is 5.15 Å². The minimum absolute atomic E-state index is 0.145. The molecule has 1 fully saturated rings. The molecule has 2 rings (SSSR count). The van der Waals surface area contributed by atoms with Gasteiger partial charge in [0, 0.05) is 25.7 Å². The van der Waals surface area contributed by atoms with Gasteiger partial charge in [0.2, 0.25) is 5.91 Å². The maximum absolute atomic E-state index is 12.4. The van der Waals surface area contributed by atoms with E-state index in [9.17, 15) is 9.59 Å². The summed E-state index contributed by atoms with van der Waals surface area (Å²) in [5.74, 6) is 0.154. The normalized spacial score (nSPS) is 19.0. The van der Waals surface area contributed by atoms with Gasteiger partial charge in [0.25, 0.3) is 5.91 Å². The van der Waals surface area contributed by atoms with Gasteiger partial charge >= 0.3 is 0 Å². The Balaban J connectivity index is 2.28. The maximum Gasteiger partial charge on any atom is 0.254 e. The number of amides is 2. The Kier molecular flexibility index (Phi) is 3.90. The van der Waals surface area contributed by atoms with Gasteiger partial charge in [0.05, 0.1) is 0 Å². The van der Waals surface area contributed by atoms with Crippen LogP contribution >= 0.6 is 11.6 Å². The summed E-state index contributed by atoms with van der Waals surface area (Å²) in [5.41, 5.74) is 0.422. The largest absolute Gasteiger partial charge is 0.373 e. The molecule has 2 N–H and O–H groups in total. The quantitative estimate of drug-likeness (QED) is 0.785. The van der Waals surface area contributed by atoms with E-state index in [1.54, 1.807) is 20.0 Å². The molecule has 7 heteroatoms. The number of pyridine rings is 1. The average Bonchev–Trinajstić information content (AvgIpc) is 2.40. The summed E-state index contributed by atoms with van der Waals surface area (Å²) in [6.07, 6.45) is 0. The lowest BCUT2D eigenvalue weighted by atomic mass is 10.1. The molecule has 0 radical (unpaired) electrons. The third kappa shape index (κ3) is 2.78. The van der Waals surface area contributed by atoms with Crippen molar-refractivity contribution in [3.63, 3.8) is 0 Å². The highest BCUT2D eigenvalue weighted by atomic mass is 35.5. The summed E-state index contributed by atoms with van der Waals surface area (Å²) in [7, 11) is 1.70. The van der Waals surface area contributed by atoms with Crippen molar-refractivity contribution in [3.05, 3.63) is 22.8 Å². The van der Waals surface area contributed by atoms with Crippen LogP contribution in [-0.4, -0.2) is 47.9 Å². The van der Waals surface area contributed by atoms with Gasteiger partial charge in [-0.3, -0.25) is 9.59 Å². The van der Waals surface area contributed by atoms with Gasteiger partial charge in [0.15, 0.2) is 0 Å². The first-order valence-corrected chi connectivity index (χ1v) is 6.34. The van der Waals surface area contributed by atoms with Crippen molar-refractivity contribution in [2.45, 2.75) is 13.0 Å². The average molecular weight is 283 g/mol. The summed E-state index contributed by atoms with van der Waals surface area (Å²) in [4.78, 5) is 29.5. The predicted molar refractivity (Wildman–Crippen MR) is 72.3 cm³/mol. The Morgan fingerprint density at radius 1 is 1.58 bits per heavy atom. The highest BCUT2D eigenvalue weighted by Crippen LogP contribution is 2.17. The SMILES string of the molecule is CNc1cc(C(=O)N2CCNC(=O)C2C)cc(Cl)n1. The summed E-state index contributed by atoms with van der Waals surface area (Å²) < 4.78 is 0. The van der Waals surface area contributed by atoms with Crippen LogP contribution in [0.1, 0.15) is 17.3 Å². The van der Waals surface area contributed by atoms with E-state index in [1.807, 2.05) is 0 Å². The number of hydrogen-bond acceptors (Lipinski definition) is 4.